The molecule has 1 nitrogen and oxygen atoms in total. The number of hydrogen-bond donors (Lipinski definition) is 1. The fourth-order valence-corrected chi connectivity index (χ4v) is 4.75. The highest BCUT2D eigenvalue weighted by molar-refractivity contribution is 5.82. The van der Waals surface area contributed by atoms with Crippen molar-refractivity contribution >= 4 is 6.08 Å². The van der Waals surface area contributed by atoms with E-state index in [1.54, 1.807) is 11.1 Å². The first-order valence-corrected chi connectivity index (χ1v) is 10.8. The average Bonchev–Trinajstić information content (AvgIpc) is 3.23. The van der Waals surface area contributed by atoms with Crippen LogP contribution >= 0.6 is 0 Å². The molecule has 0 radical (unpaired) electrons. The van der Waals surface area contributed by atoms with E-state index in [0.29, 0.717) is 6.54 Å². The normalized spacial score (nSPS) is 16.2. The molecule has 28 heavy (non-hydrogen) atoms. The Morgan fingerprint density at radius 2 is 1.46 bits per heavy atom. The Balaban J connectivity index is 1.99. The van der Waals surface area contributed by atoms with Crippen LogP contribution in [0, 0.1) is 0 Å². The Bertz CT molecular complexity index is 929. The lowest BCUT2D eigenvalue weighted by Gasteiger charge is -2.27. The van der Waals surface area contributed by atoms with Gasteiger partial charge < -0.3 is 5.73 Å². The van der Waals surface area contributed by atoms with Crippen LogP contribution in [0.5, 0.6) is 0 Å². The van der Waals surface area contributed by atoms with Crippen molar-refractivity contribution in [3.63, 3.8) is 0 Å². The zero-order valence-corrected chi connectivity index (χ0v) is 18.5. The van der Waals surface area contributed by atoms with Gasteiger partial charge in [-0.3, -0.25) is 0 Å². The van der Waals surface area contributed by atoms with Crippen molar-refractivity contribution in [2.24, 2.45) is 5.73 Å². The number of benzene rings is 2. The van der Waals surface area contributed by atoms with E-state index < -0.39 is 0 Å². The Morgan fingerprint density at radius 3 is 2.04 bits per heavy atom. The summed E-state index contributed by atoms with van der Waals surface area (Å²) in [4.78, 5) is 0. The van der Waals surface area contributed by atoms with E-state index in [9.17, 15) is 0 Å². The van der Waals surface area contributed by atoms with Crippen molar-refractivity contribution in [1.29, 1.82) is 0 Å². The van der Waals surface area contributed by atoms with Crippen LogP contribution in [0.15, 0.2) is 29.8 Å². The lowest BCUT2D eigenvalue weighted by atomic mass is 9.77. The molecule has 2 aliphatic rings. The lowest BCUT2D eigenvalue weighted by Crippen LogP contribution is -2.16. The largest absolute Gasteiger partial charge is 0.327 e. The minimum Gasteiger partial charge on any atom is -0.327 e. The fraction of sp³-hybridized carbons (Fsp3) is 0.481. The number of aryl methyl sites for hydroxylation is 1. The van der Waals surface area contributed by atoms with Gasteiger partial charge in [0, 0.05) is 6.54 Å². The van der Waals surface area contributed by atoms with Crippen molar-refractivity contribution in [1.82, 2.24) is 0 Å². The lowest BCUT2D eigenvalue weighted by molar-refractivity contribution is 0.569. The molecule has 0 spiro atoms. The quantitative estimate of drug-likeness (QED) is 0.653. The summed E-state index contributed by atoms with van der Waals surface area (Å²) in [5.74, 6) is 0. The van der Waals surface area contributed by atoms with Crippen LogP contribution in [0.2, 0.25) is 0 Å². The van der Waals surface area contributed by atoms with E-state index >= 15 is 0 Å². The molecule has 0 saturated heterocycles. The summed E-state index contributed by atoms with van der Waals surface area (Å²) < 4.78 is 0. The Hall–Kier alpha value is -1.86. The highest BCUT2D eigenvalue weighted by Crippen LogP contribution is 2.43. The maximum absolute atomic E-state index is 6.02. The van der Waals surface area contributed by atoms with Gasteiger partial charge in [-0.15, -0.1) is 0 Å². The summed E-state index contributed by atoms with van der Waals surface area (Å²) in [6.07, 6.45) is 7.06. The summed E-state index contributed by atoms with van der Waals surface area (Å²) in [6, 6.07) is 9.80. The molecule has 0 aromatic heterocycles. The molecule has 2 aromatic rings. The average molecular weight is 374 g/mol. The van der Waals surface area contributed by atoms with Crippen LogP contribution in [0.1, 0.15) is 81.3 Å². The van der Waals surface area contributed by atoms with Crippen LogP contribution < -0.4 is 5.73 Å². The third-order valence-corrected chi connectivity index (χ3v) is 6.52. The number of rotatable bonds is 2. The predicted molar refractivity (Wildman–Crippen MR) is 122 cm³/mol. The van der Waals surface area contributed by atoms with E-state index in [-0.39, 0.29) is 10.8 Å². The molecule has 148 valence electrons. The van der Waals surface area contributed by atoms with Gasteiger partial charge in [-0.25, -0.2) is 0 Å². The van der Waals surface area contributed by atoms with Crippen molar-refractivity contribution in [2.75, 3.05) is 6.54 Å². The first kappa shape index (κ1) is 19.5. The summed E-state index contributed by atoms with van der Waals surface area (Å²) >= 11 is 0. The van der Waals surface area contributed by atoms with E-state index in [1.807, 2.05) is 0 Å². The number of hydrogen-bond acceptors (Lipinski definition) is 1. The zero-order valence-electron chi connectivity index (χ0n) is 18.5. The van der Waals surface area contributed by atoms with Crippen LogP contribution in [-0.2, 0) is 30.1 Å². The molecular formula is C27H35N. The van der Waals surface area contributed by atoms with Gasteiger partial charge in [-0.1, -0.05) is 77.5 Å². The predicted octanol–water partition coefficient (Wildman–Crippen LogP) is 6.34. The van der Waals surface area contributed by atoms with Crippen LogP contribution in [0.4, 0.5) is 0 Å². The second kappa shape index (κ2) is 6.59. The standard InChI is InChI=1S/C27H35N/c1-26(2,3)21-13-20(14-22(15-21)27(4,5)6)25-23-9-7-8-18(23)12-19-10-17(16-28)11-24(19)25/h10,12-15H,7-9,11,16,28H2,1-6H3. The molecule has 0 amide bonds. The van der Waals surface area contributed by atoms with Gasteiger partial charge >= 0.3 is 0 Å². The zero-order chi connectivity index (χ0) is 20.3. The summed E-state index contributed by atoms with van der Waals surface area (Å²) in [5.41, 5.74) is 19.5. The molecule has 0 unspecified atom stereocenters. The van der Waals surface area contributed by atoms with Crippen molar-refractivity contribution < 1.29 is 0 Å². The fourth-order valence-electron chi connectivity index (χ4n) is 4.75. The van der Waals surface area contributed by atoms with Crippen molar-refractivity contribution in [3.8, 4) is 11.1 Å². The third kappa shape index (κ3) is 3.35. The molecule has 1 heteroatoms. The highest BCUT2D eigenvalue weighted by Gasteiger charge is 2.27. The minimum atomic E-state index is 0.137. The molecule has 0 bridgehead atoms. The smallest absolute Gasteiger partial charge is 0.0143 e. The molecule has 0 fully saturated rings. The van der Waals surface area contributed by atoms with Crippen molar-refractivity contribution in [3.05, 3.63) is 63.2 Å². The molecule has 4 rings (SSSR count). The van der Waals surface area contributed by atoms with Crippen LogP contribution in [-0.4, -0.2) is 6.54 Å². The molecule has 0 aliphatic heterocycles. The van der Waals surface area contributed by atoms with Gasteiger partial charge in [-0.2, -0.15) is 0 Å². The van der Waals surface area contributed by atoms with E-state index in [1.165, 1.54) is 58.2 Å². The summed E-state index contributed by atoms with van der Waals surface area (Å²) in [5, 5.41) is 0. The second-order valence-corrected chi connectivity index (χ2v) is 10.8. The monoisotopic (exact) mass is 373 g/mol. The van der Waals surface area contributed by atoms with Crippen LogP contribution in [0.25, 0.3) is 17.2 Å². The molecule has 0 heterocycles. The summed E-state index contributed by atoms with van der Waals surface area (Å²) in [6.45, 7) is 14.6. The molecule has 2 aliphatic carbocycles. The first-order valence-electron chi connectivity index (χ1n) is 10.8. The topological polar surface area (TPSA) is 26.0 Å². The Morgan fingerprint density at radius 1 is 0.821 bits per heavy atom. The second-order valence-electron chi connectivity index (χ2n) is 10.8. The van der Waals surface area contributed by atoms with Crippen molar-refractivity contribution in [2.45, 2.75) is 78.1 Å². The molecule has 2 aromatic carbocycles. The Kier molecular flexibility index (Phi) is 4.58. The maximum atomic E-state index is 6.02. The van der Waals surface area contributed by atoms with Gasteiger partial charge in [0.25, 0.3) is 0 Å². The third-order valence-electron chi connectivity index (χ3n) is 6.52. The van der Waals surface area contributed by atoms with Gasteiger partial charge in [0.2, 0.25) is 0 Å². The van der Waals surface area contributed by atoms with Gasteiger partial charge in [0.05, 0.1) is 0 Å². The van der Waals surface area contributed by atoms with Gasteiger partial charge in [0.15, 0.2) is 0 Å². The summed E-state index contributed by atoms with van der Waals surface area (Å²) in [7, 11) is 0. The number of fused-ring (bicyclic) bond motifs is 2. The van der Waals surface area contributed by atoms with E-state index in [0.717, 1.165) is 6.42 Å². The number of nitrogens with two attached hydrogens (primary N) is 1. The molecule has 2 N–H and O–H groups in total. The van der Waals surface area contributed by atoms with Crippen LogP contribution in [0.3, 0.4) is 0 Å². The van der Waals surface area contributed by atoms with E-state index in [4.69, 9.17) is 5.73 Å². The maximum Gasteiger partial charge on any atom is 0.0143 e. The first-order chi connectivity index (χ1) is 13.1. The van der Waals surface area contributed by atoms with E-state index in [2.05, 4.69) is 71.9 Å². The van der Waals surface area contributed by atoms with Gasteiger partial charge in [-0.05, 0) is 81.0 Å². The molecular weight excluding hydrogens is 338 g/mol. The van der Waals surface area contributed by atoms with Gasteiger partial charge in [0.1, 0.15) is 0 Å². The minimum absolute atomic E-state index is 0.137. The molecule has 0 saturated carbocycles. The highest BCUT2D eigenvalue weighted by atomic mass is 14.5. The SMILES string of the molecule is CC(C)(C)c1cc(-c2c3c(cc4c2CCC4)C=C(CN)C3)cc(C(C)(C)C)c1. The Labute approximate surface area is 171 Å². The molecule has 0 atom stereocenters.